The van der Waals surface area contributed by atoms with Crippen molar-refractivity contribution in [3.8, 4) is 0 Å². The van der Waals surface area contributed by atoms with E-state index in [1.54, 1.807) is 6.20 Å². The lowest BCUT2D eigenvalue weighted by atomic mass is 10.1. The van der Waals surface area contributed by atoms with Gasteiger partial charge in [-0.15, -0.1) is 0 Å². The molecule has 1 amide bonds. The summed E-state index contributed by atoms with van der Waals surface area (Å²) in [5.74, 6) is -0.0129. The number of fused-ring (bicyclic) bond motifs is 1. The van der Waals surface area contributed by atoms with E-state index in [0.29, 0.717) is 30.3 Å². The highest BCUT2D eigenvalue weighted by molar-refractivity contribution is 6.30. The zero-order valence-corrected chi connectivity index (χ0v) is 17.0. The number of ether oxygens (including phenoxy) is 1. The molecule has 3 aromatic rings. The molecular weight excluding hydrogens is 376 g/mol. The van der Waals surface area contributed by atoms with Gasteiger partial charge in [0.05, 0.1) is 30.3 Å². The standard InChI is InChI=1S/C21H23ClN4O2/c1-13(2)26-20-18(11-23-26)17(10-14(3)24-20)21(27)25-8-9-28-19(12-25)15-4-6-16(22)7-5-15/h4-7,10-11,13,19H,8-9,12H2,1-3H3. The van der Waals surface area contributed by atoms with E-state index in [9.17, 15) is 4.79 Å². The number of pyridine rings is 1. The SMILES string of the molecule is Cc1cc(C(=O)N2CCOC(c3ccc(Cl)cc3)C2)c2cnn(C(C)C)c2n1. The summed E-state index contributed by atoms with van der Waals surface area (Å²) in [6, 6.07) is 9.61. The molecule has 1 saturated heterocycles. The van der Waals surface area contributed by atoms with E-state index in [1.165, 1.54) is 0 Å². The average Bonchev–Trinajstić information content (AvgIpc) is 3.11. The highest BCUT2D eigenvalue weighted by atomic mass is 35.5. The van der Waals surface area contributed by atoms with E-state index < -0.39 is 0 Å². The maximum absolute atomic E-state index is 13.4. The van der Waals surface area contributed by atoms with Crippen LogP contribution in [0.2, 0.25) is 5.02 Å². The van der Waals surface area contributed by atoms with E-state index in [4.69, 9.17) is 16.3 Å². The number of carbonyl (C=O) groups excluding carboxylic acids is 1. The molecule has 1 aliphatic rings. The van der Waals surface area contributed by atoms with Gasteiger partial charge in [0.25, 0.3) is 5.91 Å². The zero-order chi connectivity index (χ0) is 19.8. The summed E-state index contributed by atoms with van der Waals surface area (Å²) in [7, 11) is 0. The first kappa shape index (κ1) is 18.9. The van der Waals surface area contributed by atoms with E-state index in [-0.39, 0.29) is 18.1 Å². The van der Waals surface area contributed by atoms with Crippen LogP contribution >= 0.6 is 11.6 Å². The second kappa shape index (κ2) is 7.53. The molecular formula is C21H23ClN4O2. The molecule has 1 fully saturated rings. The second-order valence-corrected chi connectivity index (χ2v) is 7.83. The quantitative estimate of drug-likeness (QED) is 0.663. The van der Waals surface area contributed by atoms with Crippen molar-refractivity contribution in [2.75, 3.05) is 19.7 Å². The van der Waals surface area contributed by atoms with E-state index >= 15 is 0 Å². The summed E-state index contributed by atoms with van der Waals surface area (Å²) < 4.78 is 7.76. The molecule has 4 rings (SSSR count). The van der Waals surface area contributed by atoms with Crippen LogP contribution in [-0.2, 0) is 4.74 Å². The number of halogens is 1. The minimum atomic E-state index is -0.160. The lowest BCUT2D eigenvalue weighted by Gasteiger charge is -2.33. The largest absolute Gasteiger partial charge is 0.370 e. The number of aryl methyl sites for hydroxylation is 1. The zero-order valence-electron chi connectivity index (χ0n) is 16.2. The van der Waals surface area contributed by atoms with Gasteiger partial charge in [0.2, 0.25) is 0 Å². The number of nitrogens with zero attached hydrogens (tertiary/aromatic N) is 4. The van der Waals surface area contributed by atoms with Crippen molar-refractivity contribution in [1.29, 1.82) is 0 Å². The molecule has 0 aliphatic carbocycles. The number of rotatable bonds is 3. The Kier molecular flexibility index (Phi) is 5.08. The third kappa shape index (κ3) is 3.50. The molecule has 7 heteroatoms. The number of morpholine rings is 1. The third-order valence-corrected chi connectivity index (χ3v) is 5.26. The van der Waals surface area contributed by atoms with Crippen molar-refractivity contribution in [3.05, 3.63) is 58.4 Å². The van der Waals surface area contributed by atoms with Crippen molar-refractivity contribution in [2.45, 2.75) is 32.9 Å². The minimum Gasteiger partial charge on any atom is -0.370 e. The van der Waals surface area contributed by atoms with Gasteiger partial charge < -0.3 is 9.64 Å². The molecule has 0 bridgehead atoms. The first-order valence-electron chi connectivity index (χ1n) is 9.45. The summed E-state index contributed by atoms with van der Waals surface area (Å²) in [5.41, 5.74) is 3.22. The van der Waals surface area contributed by atoms with Gasteiger partial charge in [0.1, 0.15) is 6.10 Å². The summed E-state index contributed by atoms with van der Waals surface area (Å²) >= 11 is 5.99. The lowest BCUT2D eigenvalue weighted by molar-refractivity contribution is -0.0227. The summed E-state index contributed by atoms with van der Waals surface area (Å²) in [5, 5.41) is 5.92. The second-order valence-electron chi connectivity index (χ2n) is 7.39. The minimum absolute atomic E-state index is 0.0129. The maximum atomic E-state index is 13.4. The van der Waals surface area contributed by atoms with Crippen LogP contribution in [0.25, 0.3) is 11.0 Å². The molecule has 0 N–H and O–H groups in total. The van der Waals surface area contributed by atoms with Crippen LogP contribution in [0.3, 0.4) is 0 Å². The fraction of sp³-hybridized carbons (Fsp3) is 0.381. The average molecular weight is 399 g/mol. The smallest absolute Gasteiger partial charge is 0.254 e. The Bertz CT molecular complexity index is 1010. The maximum Gasteiger partial charge on any atom is 0.254 e. The van der Waals surface area contributed by atoms with Crippen molar-refractivity contribution in [1.82, 2.24) is 19.7 Å². The summed E-state index contributed by atoms with van der Waals surface area (Å²) in [4.78, 5) is 19.8. The fourth-order valence-electron chi connectivity index (χ4n) is 3.58. The van der Waals surface area contributed by atoms with Crippen LogP contribution in [0.1, 0.15) is 47.6 Å². The topological polar surface area (TPSA) is 60.3 Å². The van der Waals surface area contributed by atoms with Crippen LogP contribution < -0.4 is 0 Å². The van der Waals surface area contributed by atoms with Crippen LogP contribution in [-0.4, -0.2) is 45.3 Å². The van der Waals surface area contributed by atoms with E-state index in [0.717, 1.165) is 22.3 Å². The van der Waals surface area contributed by atoms with Gasteiger partial charge in [0, 0.05) is 23.3 Å². The van der Waals surface area contributed by atoms with E-state index in [2.05, 4.69) is 23.9 Å². The highest BCUT2D eigenvalue weighted by Gasteiger charge is 2.28. The van der Waals surface area contributed by atoms with Crippen molar-refractivity contribution >= 4 is 28.5 Å². The van der Waals surface area contributed by atoms with Gasteiger partial charge in [0.15, 0.2) is 5.65 Å². The molecule has 6 nitrogen and oxygen atoms in total. The Morgan fingerprint density at radius 3 is 2.75 bits per heavy atom. The Hall–Kier alpha value is -2.44. The first-order valence-corrected chi connectivity index (χ1v) is 9.83. The van der Waals surface area contributed by atoms with Gasteiger partial charge in [-0.05, 0) is 44.5 Å². The summed E-state index contributed by atoms with van der Waals surface area (Å²) in [6.07, 6.45) is 1.58. The molecule has 0 spiro atoms. The first-order chi connectivity index (χ1) is 13.4. The molecule has 0 radical (unpaired) electrons. The van der Waals surface area contributed by atoms with Crippen molar-refractivity contribution in [2.24, 2.45) is 0 Å². The number of aromatic nitrogens is 3. The highest BCUT2D eigenvalue weighted by Crippen LogP contribution is 2.27. The predicted octanol–water partition coefficient (Wildman–Crippen LogP) is 4.19. The van der Waals surface area contributed by atoms with Gasteiger partial charge in [-0.2, -0.15) is 5.10 Å². The Morgan fingerprint density at radius 2 is 2.04 bits per heavy atom. The molecule has 3 heterocycles. The Labute approximate surface area is 169 Å². The summed E-state index contributed by atoms with van der Waals surface area (Å²) in [6.45, 7) is 7.57. The van der Waals surface area contributed by atoms with Gasteiger partial charge in [-0.1, -0.05) is 23.7 Å². The monoisotopic (exact) mass is 398 g/mol. The van der Waals surface area contributed by atoms with Gasteiger partial charge >= 0.3 is 0 Å². The Balaban J connectivity index is 1.64. The molecule has 146 valence electrons. The number of carbonyl (C=O) groups is 1. The normalized spacial score (nSPS) is 17.5. The molecule has 2 aromatic heterocycles. The fourth-order valence-corrected chi connectivity index (χ4v) is 3.71. The van der Waals surface area contributed by atoms with Crippen molar-refractivity contribution in [3.63, 3.8) is 0 Å². The number of hydrogen-bond donors (Lipinski definition) is 0. The lowest BCUT2D eigenvalue weighted by Crippen LogP contribution is -2.42. The number of benzene rings is 1. The number of hydrogen-bond acceptors (Lipinski definition) is 4. The molecule has 0 saturated carbocycles. The van der Waals surface area contributed by atoms with Crippen LogP contribution in [0, 0.1) is 6.92 Å². The third-order valence-electron chi connectivity index (χ3n) is 5.01. The van der Waals surface area contributed by atoms with Crippen LogP contribution in [0.15, 0.2) is 36.5 Å². The molecule has 28 heavy (non-hydrogen) atoms. The molecule has 1 aromatic carbocycles. The van der Waals surface area contributed by atoms with Crippen LogP contribution in [0.4, 0.5) is 0 Å². The number of amides is 1. The predicted molar refractivity (Wildman–Crippen MR) is 109 cm³/mol. The molecule has 1 aliphatic heterocycles. The van der Waals surface area contributed by atoms with Gasteiger partial charge in [-0.3, -0.25) is 4.79 Å². The Morgan fingerprint density at radius 1 is 1.29 bits per heavy atom. The molecule has 1 unspecified atom stereocenters. The van der Waals surface area contributed by atoms with Crippen molar-refractivity contribution < 1.29 is 9.53 Å². The van der Waals surface area contributed by atoms with Crippen LogP contribution in [0.5, 0.6) is 0 Å². The molecule has 1 atom stereocenters. The van der Waals surface area contributed by atoms with Gasteiger partial charge in [-0.25, -0.2) is 9.67 Å². The van der Waals surface area contributed by atoms with E-state index in [1.807, 2.05) is 46.8 Å².